The summed E-state index contributed by atoms with van der Waals surface area (Å²) < 4.78 is 25.7. The Kier molecular flexibility index (Phi) is 17.1. The number of carboxylic acid groups (broad SMARTS) is 2. The van der Waals surface area contributed by atoms with Crippen molar-refractivity contribution in [3.8, 4) is 11.4 Å². The zero-order valence-electron chi connectivity index (χ0n) is 41.4. The lowest BCUT2D eigenvalue weighted by Gasteiger charge is -2.33. The fourth-order valence-corrected chi connectivity index (χ4v) is 9.69. The molecule has 0 unspecified atom stereocenters. The van der Waals surface area contributed by atoms with Crippen LogP contribution in [0.15, 0.2) is 53.4 Å². The second-order valence-electron chi connectivity index (χ2n) is 18.5. The van der Waals surface area contributed by atoms with Crippen LogP contribution in [0.2, 0.25) is 0 Å². The van der Waals surface area contributed by atoms with Crippen molar-refractivity contribution in [2.24, 2.45) is 0 Å². The van der Waals surface area contributed by atoms with Crippen LogP contribution < -0.4 is 20.0 Å². The number of methoxy groups -OCH3 is 2. The summed E-state index contributed by atoms with van der Waals surface area (Å²) in [6.07, 6.45) is 7.47. The molecule has 0 bridgehead atoms. The first kappa shape index (κ1) is 51.5. The molecule has 4 saturated heterocycles. The van der Waals surface area contributed by atoms with Crippen LogP contribution in [0.3, 0.4) is 0 Å². The molecule has 0 amide bonds. The number of fused-ring (bicyclic) bond motifs is 2. The number of anilines is 3. The smallest absolute Gasteiger partial charge is 0.354 e. The van der Waals surface area contributed by atoms with E-state index in [2.05, 4.69) is 83.6 Å². The number of ether oxygens (including phenoxy) is 4. The molecule has 0 aromatic carbocycles. The van der Waals surface area contributed by atoms with Gasteiger partial charge in [0.15, 0.2) is 22.7 Å². The normalized spacial score (nSPS) is 17.1. The molecular formula is C50H65BrN12O8. The van der Waals surface area contributed by atoms with Crippen molar-refractivity contribution in [2.75, 3.05) is 108 Å². The molecule has 4 fully saturated rings. The standard InChI is InChI=1S/C25H32N6O4.C21H24BrN5O3.C4H9NO/c1-16(2)23-22-20(29-8-5-18(34-3)6-9-29)15-19(25(32)33)27-24(22)31(28-23)17-4-7-26-21(14-17)30-10-12-35-13-11-30;1-12(2)19-18-16(26-8-5-14(30-3)6-9-26)11-15(21(28)29)24-20(18)27(25-19)13-4-7-23-17(22)10-13;1-3-6-4-2-5-1/h4,7,14-16,18H,5-6,8-13H2,1-3H3,(H,32,33);4,7,10-12,14H,5-6,8-9H2,1-3H3,(H,28,29);5H,1-4H2. The van der Waals surface area contributed by atoms with Crippen molar-refractivity contribution in [2.45, 2.75) is 77.4 Å². The Morgan fingerprint density at radius 2 is 1.10 bits per heavy atom. The highest BCUT2D eigenvalue weighted by Gasteiger charge is 2.30. The molecule has 4 aliphatic rings. The van der Waals surface area contributed by atoms with E-state index in [1.54, 1.807) is 48.1 Å². The van der Waals surface area contributed by atoms with Gasteiger partial charge >= 0.3 is 11.9 Å². The molecule has 380 valence electrons. The van der Waals surface area contributed by atoms with Crippen molar-refractivity contribution < 1.29 is 38.7 Å². The summed E-state index contributed by atoms with van der Waals surface area (Å²) in [5, 5.41) is 34.4. The molecule has 20 nitrogen and oxygen atoms in total. The molecule has 0 saturated carbocycles. The quantitative estimate of drug-likeness (QED) is 0.115. The van der Waals surface area contributed by atoms with Crippen LogP contribution in [0.5, 0.6) is 0 Å². The fraction of sp³-hybridized carbons (Fsp3) is 0.520. The molecule has 71 heavy (non-hydrogen) atoms. The first-order valence-corrected chi connectivity index (χ1v) is 25.2. The van der Waals surface area contributed by atoms with Crippen LogP contribution in [0.25, 0.3) is 33.4 Å². The minimum absolute atomic E-state index is 0.0101. The predicted molar refractivity (Wildman–Crippen MR) is 274 cm³/mol. The molecule has 21 heteroatoms. The summed E-state index contributed by atoms with van der Waals surface area (Å²) in [7, 11) is 3.48. The Morgan fingerprint density at radius 1 is 0.648 bits per heavy atom. The zero-order chi connectivity index (χ0) is 50.2. The lowest BCUT2D eigenvalue weighted by atomic mass is 10.0. The average molecular weight is 1040 g/mol. The van der Waals surface area contributed by atoms with Crippen molar-refractivity contribution in [1.82, 2.24) is 44.8 Å². The predicted octanol–water partition coefficient (Wildman–Crippen LogP) is 6.71. The number of aromatic nitrogens is 8. The van der Waals surface area contributed by atoms with Gasteiger partial charge in [-0.3, -0.25) is 0 Å². The lowest BCUT2D eigenvalue weighted by molar-refractivity contribution is 0.0680. The van der Waals surface area contributed by atoms with E-state index in [0.29, 0.717) is 29.1 Å². The van der Waals surface area contributed by atoms with Crippen LogP contribution in [0.1, 0.15) is 97.6 Å². The van der Waals surface area contributed by atoms with Crippen LogP contribution in [0.4, 0.5) is 17.2 Å². The maximum absolute atomic E-state index is 12.1. The van der Waals surface area contributed by atoms with Gasteiger partial charge in [0, 0.05) is 85.0 Å². The third-order valence-electron chi connectivity index (χ3n) is 13.2. The molecule has 4 aliphatic heterocycles. The van der Waals surface area contributed by atoms with E-state index in [1.165, 1.54) is 0 Å². The number of hydrogen-bond donors (Lipinski definition) is 3. The topological polar surface area (TPSA) is 220 Å². The minimum atomic E-state index is -1.06. The van der Waals surface area contributed by atoms with Gasteiger partial charge in [0.2, 0.25) is 0 Å². The SMILES string of the molecule is C1COCCN1.COC1CCN(c2cc(C(=O)O)nc3c2c(C(C)C)nn3-c2ccnc(Br)c2)CC1.COC1CCN(c2cc(C(=O)O)nc3c2c(C(C)C)nn3-c2ccnc(N3CCOCC3)c2)CC1. The van der Waals surface area contributed by atoms with Crippen LogP contribution in [-0.4, -0.2) is 167 Å². The fourth-order valence-electron chi connectivity index (χ4n) is 9.34. The number of halogens is 1. The molecular weight excluding hydrogens is 977 g/mol. The third-order valence-corrected chi connectivity index (χ3v) is 13.6. The first-order valence-electron chi connectivity index (χ1n) is 24.4. The Hall–Kier alpha value is -5.84. The lowest BCUT2D eigenvalue weighted by Crippen LogP contribution is -2.37. The Labute approximate surface area is 421 Å². The van der Waals surface area contributed by atoms with E-state index < -0.39 is 11.9 Å². The summed E-state index contributed by atoms with van der Waals surface area (Å²) in [5.41, 5.74) is 6.23. The number of nitrogens with one attached hydrogen (secondary N) is 1. The van der Waals surface area contributed by atoms with Gasteiger partial charge < -0.3 is 49.2 Å². The third kappa shape index (κ3) is 11.9. The van der Waals surface area contributed by atoms with E-state index in [0.717, 1.165) is 142 Å². The van der Waals surface area contributed by atoms with Gasteiger partial charge in [-0.15, -0.1) is 0 Å². The van der Waals surface area contributed by atoms with Crippen molar-refractivity contribution in [1.29, 1.82) is 0 Å². The number of hydrogen-bond acceptors (Lipinski definition) is 16. The first-order chi connectivity index (χ1) is 34.3. The number of carbonyl (C=O) groups is 2. The van der Waals surface area contributed by atoms with Crippen LogP contribution in [-0.2, 0) is 18.9 Å². The largest absolute Gasteiger partial charge is 0.477 e. The van der Waals surface area contributed by atoms with Crippen molar-refractivity contribution in [3.05, 3.63) is 76.2 Å². The molecule has 0 radical (unpaired) electrons. The maximum atomic E-state index is 12.1. The molecule has 6 aromatic rings. The average Bonchev–Trinajstić information content (AvgIpc) is 4.00. The van der Waals surface area contributed by atoms with E-state index in [1.807, 2.05) is 24.3 Å². The summed E-state index contributed by atoms with van der Waals surface area (Å²) in [4.78, 5) is 48.4. The van der Waals surface area contributed by atoms with Gasteiger partial charge in [-0.1, -0.05) is 27.7 Å². The summed E-state index contributed by atoms with van der Waals surface area (Å²) in [6.45, 7) is 18.2. The Bertz CT molecular complexity index is 2770. The summed E-state index contributed by atoms with van der Waals surface area (Å²) in [6, 6.07) is 10.9. The zero-order valence-corrected chi connectivity index (χ0v) is 43.0. The molecule has 0 spiro atoms. The molecule has 0 atom stereocenters. The van der Waals surface area contributed by atoms with Gasteiger partial charge in [-0.2, -0.15) is 10.2 Å². The minimum Gasteiger partial charge on any atom is -0.477 e. The monoisotopic (exact) mass is 1040 g/mol. The number of pyridine rings is 4. The number of carboxylic acids is 2. The van der Waals surface area contributed by atoms with Crippen molar-refractivity contribution >= 4 is 67.1 Å². The molecule has 0 aliphatic carbocycles. The number of morpholine rings is 2. The van der Waals surface area contributed by atoms with E-state index in [4.69, 9.17) is 29.1 Å². The van der Waals surface area contributed by atoms with Gasteiger partial charge in [0.05, 0.1) is 83.5 Å². The summed E-state index contributed by atoms with van der Waals surface area (Å²) >= 11 is 3.40. The van der Waals surface area contributed by atoms with Gasteiger partial charge in [-0.25, -0.2) is 38.9 Å². The number of rotatable bonds is 11. The van der Waals surface area contributed by atoms with Crippen molar-refractivity contribution in [3.63, 3.8) is 0 Å². The number of nitrogens with zero attached hydrogens (tertiary/aromatic N) is 11. The van der Waals surface area contributed by atoms with E-state index in [-0.39, 0.29) is 35.4 Å². The van der Waals surface area contributed by atoms with Gasteiger partial charge in [-0.05, 0) is 83.8 Å². The second kappa shape index (κ2) is 23.6. The van der Waals surface area contributed by atoms with Gasteiger partial charge in [0.25, 0.3) is 0 Å². The molecule has 10 rings (SSSR count). The Balaban J connectivity index is 0.000000172. The molecule has 10 heterocycles. The van der Waals surface area contributed by atoms with E-state index >= 15 is 0 Å². The van der Waals surface area contributed by atoms with Crippen LogP contribution in [0, 0.1) is 0 Å². The number of piperidine rings is 2. The van der Waals surface area contributed by atoms with E-state index in [9.17, 15) is 19.8 Å². The highest BCUT2D eigenvalue weighted by atomic mass is 79.9. The number of aromatic carboxylic acids is 2. The second-order valence-corrected chi connectivity index (χ2v) is 19.3. The van der Waals surface area contributed by atoms with Gasteiger partial charge in [0.1, 0.15) is 10.4 Å². The van der Waals surface area contributed by atoms with Crippen LogP contribution >= 0.6 is 15.9 Å². The Morgan fingerprint density at radius 3 is 1.49 bits per heavy atom. The highest BCUT2D eigenvalue weighted by Crippen LogP contribution is 2.38. The molecule has 3 N–H and O–H groups in total. The highest BCUT2D eigenvalue weighted by molar-refractivity contribution is 9.10. The summed E-state index contributed by atoms with van der Waals surface area (Å²) in [5.74, 6) is -0.988. The maximum Gasteiger partial charge on any atom is 0.354 e. The molecule has 6 aromatic heterocycles.